The van der Waals surface area contributed by atoms with Gasteiger partial charge in [0.2, 0.25) is 0 Å². The largest absolute Gasteiger partial charge is 0.466 e. The lowest BCUT2D eigenvalue weighted by Crippen LogP contribution is -2.29. The molecule has 0 spiro atoms. The average molecular weight is 329 g/mol. The van der Waals surface area contributed by atoms with E-state index in [-0.39, 0.29) is 18.2 Å². The normalized spacial score (nSPS) is 10.8. The highest BCUT2D eigenvalue weighted by Gasteiger charge is 2.32. The highest BCUT2D eigenvalue weighted by molar-refractivity contribution is 6.02. The number of carbonyl (C=O) groups excluding carboxylic acids is 2. The maximum Gasteiger partial charge on any atom is 0.306 e. The third-order valence-electron chi connectivity index (χ3n) is 3.68. The fourth-order valence-electron chi connectivity index (χ4n) is 2.48. The Labute approximate surface area is 144 Å². The number of carbonyl (C=O) groups is 2. The van der Waals surface area contributed by atoms with Crippen LogP contribution >= 0.6 is 0 Å². The summed E-state index contributed by atoms with van der Waals surface area (Å²) in [5, 5.41) is 0. The van der Waals surface area contributed by atoms with Crippen molar-refractivity contribution in [1.82, 2.24) is 0 Å². The van der Waals surface area contributed by atoms with Crippen LogP contribution in [0.5, 0.6) is 0 Å². The molecule has 0 bridgehead atoms. The molecule has 0 fully saturated rings. The number of rotatable bonds is 10. The molecule has 0 saturated heterocycles. The molecule has 4 heteroatoms. The Bertz CT molecular complexity index is 595. The van der Waals surface area contributed by atoms with Crippen LogP contribution in [0, 0.1) is 5.41 Å². The molecule has 0 unspecified atom stereocenters. The molecule has 0 N–H and O–H groups in total. The van der Waals surface area contributed by atoms with E-state index in [1.807, 2.05) is 30.4 Å². The predicted molar refractivity (Wildman–Crippen MR) is 98.4 cm³/mol. The van der Waals surface area contributed by atoms with E-state index >= 15 is 0 Å². The van der Waals surface area contributed by atoms with Gasteiger partial charge in [0, 0.05) is 29.8 Å². The molecule has 0 aliphatic heterocycles. The first-order valence-corrected chi connectivity index (χ1v) is 8.13. The first-order chi connectivity index (χ1) is 11.4. The molecule has 1 aromatic rings. The Kier molecular flexibility index (Phi) is 7.43. The molecule has 1 aromatic carbocycles. The standard InChI is InChI=1S/C20H27NO3/c1-6-12-21(13-7-2)17-11-9-10-16(14-17)19(23)20(4,5)15-18(22)24-8-3/h6-7,9-11,14H,1-2,8,12-13,15H2,3-5H3. The van der Waals surface area contributed by atoms with Crippen molar-refractivity contribution in [3.05, 3.63) is 55.1 Å². The quantitative estimate of drug-likeness (QED) is 0.369. The molecule has 0 aliphatic carbocycles. The van der Waals surface area contributed by atoms with Crippen LogP contribution in [0.3, 0.4) is 0 Å². The first-order valence-electron chi connectivity index (χ1n) is 8.13. The zero-order valence-electron chi connectivity index (χ0n) is 14.9. The maximum atomic E-state index is 12.8. The molecule has 0 heterocycles. The predicted octanol–water partition coefficient (Wildman–Crippen LogP) is 4.03. The summed E-state index contributed by atoms with van der Waals surface area (Å²) in [6.07, 6.45) is 3.68. The summed E-state index contributed by atoms with van der Waals surface area (Å²) in [6.45, 7) is 14.5. The van der Waals surface area contributed by atoms with E-state index in [1.54, 1.807) is 26.8 Å². The Morgan fingerprint density at radius 3 is 2.38 bits per heavy atom. The van der Waals surface area contributed by atoms with Gasteiger partial charge in [-0.15, -0.1) is 13.2 Å². The minimum Gasteiger partial charge on any atom is -0.466 e. The number of hydrogen-bond donors (Lipinski definition) is 0. The third-order valence-corrected chi connectivity index (χ3v) is 3.68. The molecule has 0 amide bonds. The number of ether oxygens (including phenoxy) is 1. The van der Waals surface area contributed by atoms with Gasteiger partial charge in [-0.05, 0) is 19.1 Å². The lowest BCUT2D eigenvalue weighted by Gasteiger charge is -2.25. The van der Waals surface area contributed by atoms with Crippen LogP contribution < -0.4 is 4.90 Å². The lowest BCUT2D eigenvalue weighted by atomic mass is 9.81. The zero-order chi connectivity index (χ0) is 18.2. The number of nitrogens with zero attached hydrogens (tertiary/aromatic N) is 1. The van der Waals surface area contributed by atoms with Crippen LogP contribution in [-0.4, -0.2) is 31.4 Å². The molecule has 0 atom stereocenters. The summed E-state index contributed by atoms with van der Waals surface area (Å²) in [5.41, 5.74) is 0.694. The summed E-state index contributed by atoms with van der Waals surface area (Å²) < 4.78 is 4.97. The van der Waals surface area contributed by atoms with Crippen molar-refractivity contribution in [2.75, 3.05) is 24.6 Å². The van der Waals surface area contributed by atoms with Gasteiger partial charge in [-0.3, -0.25) is 9.59 Å². The van der Waals surface area contributed by atoms with Crippen LogP contribution in [0.25, 0.3) is 0 Å². The minimum absolute atomic E-state index is 0.0624. The van der Waals surface area contributed by atoms with Crippen LogP contribution in [0.15, 0.2) is 49.6 Å². The van der Waals surface area contributed by atoms with E-state index in [1.165, 1.54) is 0 Å². The van der Waals surface area contributed by atoms with E-state index in [2.05, 4.69) is 18.1 Å². The minimum atomic E-state index is -0.813. The van der Waals surface area contributed by atoms with E-state index in [0.717, 1.165) is 5.69 Å². The van der Waals surface area contributed by atoms with Crippen molar-refractivity contribution >= 4 is 17.4 Å². The molecule has 0 saturated carbocycles. The fraction of sp³-hybridized carbons (Fsp3) is 0.400. The fourth-order valence-corrected chi connectivity index (χ4v) is 2.48. The molecule has 4 nitrogen and oxygen atoms in total. The highest BCUT2D eigenvalue weighted by Crippen LogP contribution is 2.28. The SMILES string of the molecule is C=CCN(CC=C)c1cccc(C(=O)C(C)(C)CC(=O)OCC)c1. The molecule has 24 heavy (non-hydrogen) atoms. The van der Waals surface area contributed by atoms with Gasteiger partial charge in [0.1, 0.15) is 0 Å². The molecule has 0 aliphatic rings. The van der Waals surface area contributed by atoms with Crippen molar-refractivity contribution in [2.24, 2.45) is 5.41 Å². The summed E-state index contributed by atoms with van der Waals surface area (Å²) in [6, 6.07) is 7.42. The van der Waals surface area contributed by atoms with Crippen molar-refractivity contribution in [3.8, 4) is 0 Å². The topological polar surface area (TPSA) is 46.6 Å². The summed E-state index contributed by atoms with van der Waals surface area (Å²) in [5.74, 6) is -0.429. The smallest absolute Gasteiger partial charge is 0.306 e. The highest BCUT2D eigenvalue weighted by atomic mass is 16.5. The monoisotopic (exact) mass is 329 g/mol. The van der Waals surface area contributed by atoms with Gasteiger partial charge in [0.05, 0.1) is 13.0 Å². The lowest BCUT2D eigenvalue weighted by molar-refractivity contribution is -0.144. The van der Waals surface area contributed by atoms with Crippen molar-refractivity contribution in [1.29, 1.82) is 0 Å². The average Bonchev–Trinajstić information content (AvgIpc) is 2.53. The number of benzene rings is 1. The van der Waals surface area contributed by atoms with Gasteiger partial charge < -0.3 is 9.64 Å². The molecule has 130 valence electrons. The molecule has 0 aromatic heterocycles. The first kappa shape index (κ1) is 19.7. The van der Waals surface area contributed by atoms with Gasteiger partial charge >= 0.3 is 5.97 Å². The van der Waals surface area contributed by atoms with E-state index < -0.39 is 5.41 Å². The van der Waals surface area contributed by atoms with Gasteiger partial charge in [0.25, 0.3) is 0 Å². The Morgan fingerprint density at radius 2 is 1.83 bits per heavy atom. The Morgan fingerprint density at radius 1 is 1.21 bits per heavy atom. The number of Topliss-reactive ketones (excluding diaryl/α,β-unsaturated/α-hetero) is 1. The second-order valence-electron chi connectivity index (χ2n) is 6.23. The Hall–Kier alpha value is -2.36. The van der Waals surface area contributed by atoms with Crippen LogP contribution in [0.4, 0.5) is 5.69 Å². The number of esters is 1. The van der Waals surface area contributed by atoms with E-state index in [4.69, 9.17) is 4.74 Å². The zero-order valence-corrected chi connectivity index (χ0v) is 14.9. The van der Waals surface area contributed by atoms with Gasteiger partial charge in [-0.2, -0.15) is 0 Å². The number of anilines is 1. The summed E-state index contributed by atoms with van der Waals surface area (Å²) in [4.78, 5) is 26.6. The van der Waals surface area contributed by atoms with E-state index in [9.17, 15) is 9.59 Å². The van der Waals surface area contributed by atoms with Crippen LogP contribution in [0.1, 0.15) is 37.6 Å². The van der Waals surface area contributed by atoms with Gasteiger partial charge in [0.15, 0.2) is 5.78 Å². The molecule has 1 rings (SSSR count). The second kappa shape index (κ2) is 9.06. The number of ketones is 1. The van der Waals surface area contributed by atoms with Gasteiger partial charge in [-0.1, -0.05) is 38.1 Å². The van der Waals surface area contributed by atoms with Gasteiger partial charge in [-0.25, -0.2) is 0 Å². The van der Waals surface area contributed by atoms with Crippen molar-refractivity contribution in [2.45, 2.75) is 27.2 Å². The van der Waals surface area contributed by atoms with Crippen LogP contribution in [-0.2, 0) is 9.53 Å². The third kappa shape index (κ3) is 5.37. The van der Waals surface area contributed by atoms with Crippen molar-refractivity contribution in [3.63, 3.8) is 0 Å². The molecule has 0 radical (unpaired) electrons. The van der Waals surface area contributed by atoms with Crippen molar-refractivity contribution < 1.29 is 14.3 Å². The second-order valence-corrected chi connectivity index (χ2v) is 6.23. The maximum absolute atomic E-state index is 12.8. The number of hydrogen-bond acceptors (Lipinski definition) is 4. The molecular formula is C20H27NO3. The van der Waals surface area contributed by atoms with Crippen LogP contribution in [0.2, 0.25) is 0 Å². The summed E-state index contributed by atoms with van der Waals surface area (Å²) >= 11 is 0. The van der Waals surface area contributed by atoms with E-state index in [0.29, 0.717) is 25.3 Å². The summed E-state index contributed by atoms with van der Waals surface area (Å²) in [7, 11) is 0. The molecular weight excluding hydrogens is 302 g/mol. The Balaban J connectivity index is 3.02.